The maximum absolute atomic E-state index is 13.0. The fourth-order valence-corrected chi connectivity index (χ4v) is 3.96. The van der Waals surface area contributed by atoms with Crippen LogP contribution in [0.2, 0.25) is 0 Å². The molecule has 5 nitrogen and oxygen atoms in total. The van der Waals surface area contributed by atoms with Crippen molar-refractivity contribution >= 4 is 44.8 Å². The number of carbonyl (C=O) groups is 2. The average Bonchev–Trinajstić information content (AvgIpc) is 3.07. The van der Waals surface area contributed by atoms with Gasteiger partial charge in [-0.15, -0.1) is 11.3 Å². The van der Waals surface area contributed by atoms with Gasteiger partial charge in [0.05, 0.1) is 15.2 Å². The largest absolute Gasteiger partial charge is 0.368 e. The molecule has 8 heteroatoms. The molecule has 1 aromatic carbocycles. The summed E-state index contributed by atoms with van der Waals surface area (Å²) >= 11 is 4.64. The van der Waals surface area contributed by atoms with Gasteiger partial charge in [0, 0.05) is 31.9 Å². The second kappa shape index (κ2) is 7.97. The van der Waals surface area contributed by atoms with E-state index >= 15 is 0 Å². The lowest BCUT2D eigenvalue weighted by molar-refractivity contribution is -0.130. The van der Waals surface area contributed by atoms with E-state index in [0.29, 0.717) is 31.1 Å². The van der Waals surface area contributed by atoms with Gasteiger partial charge in [-0.1, -0.05) is 0 Å². The summed E-state index contributed by atoms with van der Waals surface area (Å²) in [5, 5.41) is 2.66. The van der Waals surface area contributed by atoms with E-state index in [1.54, 1.807) is 29.2 Å². The van der Waals surface area contributed by atoms with Crippen LogP contribution in [0, 0.1) is 5.82 Å². The van der Waals surface area contributed by atoms with Gasteiger partial charge in [0.1, 0.15) is 5.82 Å². The Morgan fingerprint density at radius 3 is 2.36 bits per heavy atom. The van der Waals surface area contributed by atoms with Crippen LogP contribution in [-0.2, 0) is 4.79 Å². The summed E-state index contributed by atoms with van der Waals surface area (Å²) in [5.41, 5.74) is 0.949. The van der Waals surface area contributed by atoms with Crippen molar-refractivity contribution in [1.29, 1.82) is 0 Å². The molecule has 0 radical (unpaired) electrons. The molecule has 0 unspecified atom stereocenters. The van der Waals surface area contributed by atoms with Crippen LogP contribution < -0.4 is 10.2 Å². The lowest BCUT2D eigenvalue weighted by Gasteiger charge is -2.36. The first-order chi connectivity index (χ1) is 12.0. The van der Waals surface area contributed by atoms with Crippen LogP contribution in [0.25, 0.3) is 0 Å². The van der Waals surface area contributed by atoms with E-state index in [1.807, 2.05) is 0 Å². The quantitative estimate of drug-likeness (QED) is 0.818. The molecule has 25 heavy (non-hydrogen) atoms. The van der Waals surface area contributed by atoms with Crippen molar-refractivity contribution in [2.24, 2.45) is 0 Å². The summed E-state index contributed by atoms with van der Waals surface area (Å²) in [5.74, 6) is -0.595. The Morgan fingerprint density at radius 1 is 1.08 bits per heavy atom. The van der Waals surface area contributed by atoms with E-state index in [9.17, 15) is 14.0 Å². The lowest BCUT2D eigenvalue weighted by atomic mass is 10.2. The standard InChI is InChI=1S/C17H17BrFN3O2S/c18-15-6-5-14(25-15)17(24)20-11-16(23)22-9-7-21(8-10-22)13-3-1-12(19)2-4-13/h1-6H,7-11H2,(H,20,24). The molecule has 1 aliphatic rings. The zero-order chi connectivity index (χ0) is 17.8. The molecule has 132 valence electrons. The van der Waals surface area contributed by atoms with Crippen LogP contribution in [0.1, 0.15) is 9.67 Å². The summed E-state index contributed by atoms with van der Waals surface area (Å²) < 4.78 is 13.9. The average molecular weight is 426 g/mol. The number of hydrogen-bond acceptors (Lipinski definition) is 4. The van der Waals surface area contributed by atoms with Crippen LogP contribution >= 0.6 is 27.3 Å². The third-order valence-electron chi connectivity index (χ3n) is 4.02. The molecule has 0 aliphatic carbocycles. The van der Waals surface area contributed by atoms with Gasteiger partial charge in [-0.2, -0.15) is 0 Å². The predicted molar refractivity (Wildman–Crippen MR) is 99.5 cm³/mol. The van der Waals surface area contributed by atoms with E-state index in [-0.39, 0.29) is 24.2 Å². The molecule has 0 bridgehead atoms. The van der Waals surface area contributed by atoms with E-state index < -0.39 is 0 Å². The van der Waals surface area contributed by atoms with Crippen molar-refractivity contribution in [3.05, 3.63) is 50.9 Å². The van der Waals surface area contributed by atoms with Crippen molar-refractivity contribution < 1.29 is 14.0 Å². The number of nitrogens with one attached hydrogen (secondary N) is 1. The number of piperazine rings is 1. The van der Waals surface area contributed by atoms with E-state index in [1.165, 1.54) is 23.5 Å². The molecule has 2 amide bonds. The fraction of sp³-hybridized carbons (Fsp3) is 0.294. The van der Waals surface area contributed by atoms with Crippen molar-refractivity contribution in [1.82, 2.24) is 10.2 Å². The molecule has 2 aromatic rings. The van der Waals surface area contributed by atoms with Gasteiger partial charge in [0.15, 0.2) is 0 Å². The Bertz CT molecular complexity index is 758. The number of benzene rings is 1. The Labute approximate surface area is 157 Å². The first-order valence-corrected chi connectivity index (χ1v) is 9.46. The zero-order valence-corrected chi connectivity index (χ0v) is 15.8. The van der Waals surface area contributed by atoms with Crippen molar-refractivity contribution in [3.63, 3.8) is 0 Å². The molecule has 1 fully saturated rings. The van der Waals surface area contributed by atoms with E-state index in [4.69, 9.17) is 0 Å². The second-order valence-electron chi connectivity index (χ2n) is 5.63. The van der Waals surface area contributed by atoms with E-state index in [2.05, 4.69) is 26.1 Å². The van der Waals surface area contributed by atoms with Crippen molar-refractivity contribution in [2.75, 3.05) is 37.6 Å². The number of hydrogen-bond donors (Lipinski definition) is 1. The second-order valence-corrected chi connectivity index (χ2v) is 8.09. The maximum atomic E-state index is 13.0. The van der Waals surface area contributed by atoms with Crippen LogP contribution in [-0.4, -0.2) is 49.4 Å². The van der Waals surface area contributed by atoms with Gasteiger partial charge in [-0.25, -0.2) is 4.39 Å². The van der Waals surface area contributed by atoms with Gasteiger partial charge in [-0.05, 0) is 52.3 Å². The number of nitrogens with zero attached hydrogens (tertiary/aromatic N) is 2. The Morgan fingerprint density at radius 2 is 1.76 bits per heavy atom. The number of halogens is 2. The summed E-state index contributed by atoms with van der Waals surface area (Å²) in [6.45, 7) is 2.52. The SMILES string of the molecule is O=C(NCC(=O)N1CCN(c2ccc(F)cc2)CC1)c1ccc(Br)s1. The number of anilines is 1. The van der Waals surface area contributed by atoms with Crippen LogP contribution in [0.4, 0.5) is 10.1 Å². The third kappa shape index (κ3) is 4.58. The zero-order valence-electron chi connectivity index (χ0n) is 13.4. The highest BCUT2D eigenvalue weighted by molar-refractivity contribution is 9.11. The highest BCUT2D eigenvalue weighted by Gasteiger charge is 2.22. The van der Waals surface area contributed by atoms with Gasteiger partial charge < -0.3 is 15.1 Å². The fourth-order valence-electron chi connectivity index (χ4n) is 2.66. The molecule has 1 aromatic heterocycles. The highest BCUT2D eigenvalue weighted by Crippen LogP contribution is 2.21. The minimum Gasteiger partial charge on any atom is -0.368 e. The molecule has 0 saturated carbocycles. The minimum absolute atomic E-state index is 0.00903. The summed E-state index contributed by atoms with van der Waals surface area (Å²) in [7, 11) is 0. The van der Waals surface area contributed by atoms with Gasteiger partial charge in [0.25, 0.3) is 5.91 Å². The molecule has 3 rings (SSSR count). The highest BCUT2D eigenvalue weighted by atomic mass is 79.9. The monoisotopic (exact) mass is 425 g/mol. The Kier molecular flexibility index (Phi) is 5.70. The maximum Gasteiger partial charge on any atom is 0.261 e. The molecule has 1 aliphatic heterocycles. The Balaban J connectivity index is 1.46. The van der Waals surface area contributed by atoms with Crippen LogP contribution in [0.3, 0.4) is 0 Å². The molecular weight excluding hydrogens is 409 g/mol. The predicted octanol–water partition coefficient (Wildman–Crippen LogP) is 2.73. The van der Waals surface area contributed by atoms with Gasteiger partial charge in [-0.3, -0.25) is 9.59 Å². The van der Waals surface area contributed by atoms with Gasteiger partial charge >= 0.3 is 0 Å². The normalized spacial score (nSPS) is 14.5. The third-order valence-corrected chi connectivity index (χ3v) is 5.64. The summed E-state index contributed by atoms with van der Waals surface area (Å²) in [4.78, 5) is 28.7. The van der Waals surface area contributed by atoms with E-state index in [0.717, 1.165) is 9.47 Å². The Hall–Kier alpha value is -1.93. The number of carbonyl (C=O) groups excluding carboxylic acids is 2. The first kappa shape index (κ1) is 17.9. The van der Waals surface area contributed by atoms with Crippen molar-refractivity contribution in [2.45, 2.75) is 0 Å². The van der Waals surface area contributed by atoms with Crippen molar-refractivity contribution in [3.8, 4) is 0 Å². The lowest BCUT2D eigenvalue weighted by Crippen LogP contribution is -2.51. The topological polar surface area (TPSA) is 52.7 Å². The number of thiophene rings is 1. The number of amides is 2. The molecule has 0 spiro atoms. The molecule has 0 atom stereocenters. The minimum atomic E-state index is -0.258. The van der Waals surface area contributed by atoms with Gasteiger partial charge in [0.2, 0.25) is 5.91 Å². The molecule has 1 N–H and O–H groups in total. The van der Waals surface area contributed by atoms with Crippen LogP contribution in [0.5, 0.6) is 0 Å². The summed E-state index contributed by atoms with van der Waals surface area (Å²) in [6.07, 6.45) is 0. The smallest absolute Gasteiger partial charge is 0.261 e. The summed E-state index contributed by atoms with van der Waals surface area (Å²) in [6, 6.07) is 9.88. The molecular formula is C17H17BrFN3O2S. The number of rotatable bonds is 4. The van der Waals surface area contributed by atoms with Crippen LogP contribution in [0.15, 0.2) is 40.2 Å². The molecule has 2 heterocycles. The first-order valence-electron chi connectivity index (χ1n) is 7.85. The molecule has 1 saturated heterocycles.